The first-order valence-corrected chi connectivity index (χ1v) is 23.2. The molecule has 5 heterocycles. The quantitative estimate of drug-likeness (QED) is 0.131. The standard InChI is InChI=1S/C44H72O18/c1-18-6-11-44(55-17-18)19(2)29-25(62-44)12-23-28-22(8-9-41(23,29)4)42(5)10-7-21(13-43(42,54)14-24(28)47)57-40-37(61-38-34(52)32(50)30(48)20(3)56-38)35(53)36(27(16-46)59-40)60-39-33(51)31(49)26(15-45)58-39/h18-40,45-54H,6-17H2,1-5H3/t18-,19+,20+,21+,22?,23?,24?,25+,26+,27-,28?,29?,30+,31+,32-,33-,34-,35+,36-,37-,38+,39+,40-,41+,42-,43?,44-/m1/s1. The topological polar surface area (TPSA) is 276 Å². The van der Waals surface area contributed by atoms with Crippen LogP contribution in [0.25, 0.3) is 0 Å². The highest BCUT2D eigenvalue weighted by atomic mass is 16.8. The fourth-order valence-corrected chi connectivity index (χ4v) is 14.4. The van der Waals surface area contributed by atoms with Gasteiger partial charge in [-0.15, -0.1) is 0 Å². The molecule has 18 heteroatoms. The molecule has 5 saturated heterocycles. The number of aliphatic hydroxyl groups excluding tert-OH is 9. The van der Waals surface area contributed by atoms with Crippen LogP contribution in [0.3, 0.4) is 0 Å². The molecular weight excluding hydrogens is 816 g/mol. The fourth-order valence-electron chi connectivity index (χ4n) is 14.4. The van der Waals surface area contributed by atoms with Crippen molar-refractivity contribution in [3.63, 3.8) is 0 Å². The SMILES string of the molecule is C[C@@H]1CC[C@@]2(OC1)O[C@H]1CC3C4C(O)CC5(O)C[C@@H](O[C@@H]6O[C@H](CO)[C@@H](O[C@@H]7O[C@@H](CO)[C@H](O)[C@H]7O)[C@H](O)[C@H]6O[C@@H]6O[C@@H](C)[C@H](O)[C@@H](O)[C@H]6O)CC[C@]5(C)C4CC[C@]3(C)C1[C@@H]2C. The van der Waals surface area contributed by atoms with Gasteiger partial charge in [0.1, 0.15) is 61.0 Å². The largest absolute Gasteiger partial charge is 0.394 e. The summed E-state index contributed by atoms with van der Waals surface area (Å²) in [5.41, 5.74) is -1.95. The lowest BCUT2D eigenvalue weighted by Crippen LogP contribution is -2.68. The molecule has 0 aromatic rings. The molecule has 1 spiro atoms. The molecule has 6 unspecified atom stereocenters. The van der Waals surface area contributed by atoms with Crippen molar-refractivity contribution >= 4 is 0 Å². The van der Waals surface area contributed by atoms with E-state index in [2.05, 4.69) is 27.7 Å². The summed E-state index contributed by atoms with van der Waals surface area (Å²) in [7, 11) is 0. The summed E-state index contributed by atoms with van der Waals surface area (Å²) < 4.78 is 49.5. The van der Waals surface area contributed by atoms with Gasteiger partial charge in [-0.3, -0.25) is 0 Å². The highest BCUT2D eigenvalue weighted by Crippen LogP contribution is 2.72. The number of aliphatic hydroxyl groups is 10. The molecule has 0 amide bonds. The van der Waals surface area contributed by atoms with Crippen molar-refractivity contribution in [2.24, 2.45) is 46.3 Å². The van der Waals surface area contributed by atoms with Gasteiger partial charge in [0.25, 0.3) is 0 Å². The van der Waals surface area contributed by atoms with Crippen molar-refractivity contribution < 1.29 is 89.0 Å². The van der Waals surface area contributed by atoms with Gasteiger partial charge < -0.3 is 89.0 Å². The molecule has 0 bridgehead atoms. The zero-order valence-corrected chi connectivity index (χ0v) is 36.5. The third kappa shape index (κ3) is 7.20. The van der Waals surface area contributed by atoms with Crippen molar-refractivity contribution in [1.29, 1.82) is 0 Å². The van der Waals surface area contributed by atoms with Gasteiger partial charge in [0.2, 0.25) is 0 Å². The third-order valence-corrected chi connectivity index (χ3v) is 18.0. The van der Waals surface area contributed by atoms with Crippen molar-refractivity contribution in [3.8, 4) is 0 Å². The predicted molar refractivity (Wildman–Crippen MR) is 211 cm³/mol. The molecule has 9 fully saturated rings. The Bertz CT molecular complexity index is 1590. The summed E-state index contributed by atoms with van der Waals surface area (Å²) in [6.45, 7) is 9.89. The van der Waals surface area contributed by atoms with E-state index in [4.69, 9.17) is 37.9 Å². The van der Waals surface area contributed by atoms with Crippen LogP contribution in [0.15, 0.2) is 0 Å². The normalized spacial score (nSPS) is 60.0. The summed E-state index contributed by atoms with van der Waals surface area (Å²) in [6, 6.07) is 0. The van der Waals surface area contributed by atoms with E-state index in [9.17, 15) is 51.1 Å². The van der Waals surface area contributed by atoms with Gasteiger partial charge in [0.15, 0.2) is 24.7 Å². The van der Waals surface area contributed by atoms with E-state index in [0.29, 0.717) is 31.3 Å². The van der Waals surface area contributed by atoms with Crippen LogP contribution >= 0.6 is 0 Å². The second-order valence-corrected chi connectivity index (χ2v) is 21.3. The van der Waals surface area contributed by atoms with Gasteiger partial charge in [-0.25, -0.2) is 0 Å². The smallest absolute Gasteiger partial charge is 0.187 e. The number of fused-ring (bicyclic) bond motifs is 7. The summed E-state index contributed by atoms with van der Waals surface area (Å²) in [5.74, 6) is 0.760. The maximum Gasteiger partial charge on any atom is 0.187 e. The minimum absolute atomic E-state index is 0.0210. The minimum atomic E-state index is -1.77. The zero-order chi connectivity index (χ0) is 44.4. The Hall–Kier alpha value is -0.720. The van der Waals surface area contributed by atoms with E-state index in [1.54, 1.807) is 0 Å². The lowest BCUT2D eigenvalue weighted by atomic mass is 9.42. The van der Waals surface area contributed by atoms with Crippen LogP contribution in [0.2, 0.25) is 0 Å². The second-order valence-electron chi connectivity index (χ2n) is 21.3. The summed E-state index contributed by atoms with van der Waals surface area (Å²) >= 11 is 0. The van der Waals surface area contributed by atoms with Crippen LogP contribution < -0.4 is 0 Å². The van der Waals surface area contributed by atoms with Crippen molar-refractivity contribution in [2.45, 2.75) is 208 Å². The van der Waals surface area contributed by atoms with E-state index in [1.165, 1.54) is 6.92 Å². The summed E-state index contributed by atoms with van der Waals surface area (Å²) in [4.78, 5) is 0. The molecule has 5 aliphatic heterocycles. The Labute approximate surface area is 362 Å². The fraction of sp³-hybridized carbons (Fsp3) is 1.00. The van der Waals surface area contributed by atoms with Crippen molar-refractivity contribution in [1.82, 2.24) is 0 Å². The van der Waals surface area contributed by atoms with E-state index >= 15 is 0 Å². The Morgan fingerprint density at radius 2 is 1.32 bits per heavy atom. The molecule has 4 saturated carbocycles. The Balaban J connectivity index is 0.926. The molecule has 0 aromatic carbocycles. The lowest BCUT2D eigenvalue weighted by Gasteiger charge is -2.65. The number of hydrogen-bond acceptors (Lipinski definition) is 18. The molecule has 62 heavy (non-hydrogen) atoms. The van der Waals surface area contributed by atoms with Gasteiger partial charge in [0.05, 0.1) is 49.8 Å². The molecule has 9 rings (SSSR count). The van der Waals surface area contributed by atoms with Crippen molar-refractivity contribution in [3.05, 3.63) is 0 Å². The van der Waals surface area contributed by atoms with Crippen molar-refractivity contribution in [2.75, 3.05) is 19.8 Å². The highest BCUT2D eigenvalue weighted by molar-refractivity contribution is 5.20. The lowest BCUT2D eigenvalue weighted by molar-refractivity contribution is -0.383. The number of rotatable bonds is 8. The van der Waals surface area contributed by atoms with Crippen LogP contribution in [-0.2, 0) is 37.9 Å². The number of ether oxygens (including phenoxy) is 8. The average Bonchev–Trinajstić information content (AvgIpc) is 3.80. The maximum atomic E-state index is 12.8. The highest BCUT2D eigenvalue weighted by Gasteiger charge is 2.72. The molecule has 10 N–H and O–H groups in total. The molecular formula is C44H72O18. The van der Waals surface area contributed by atoms with Crippen LogP contribution in [0.5, 0.6) is 0 Å². The first-order valence-electron chi connectivity index (χ1n) is 23.2. The minimum Gasteiger partial charge on any atom is -0.394 e. The van der Waals surface area contributed by atoms with Crippen LogP contribution in [0, 0.1) is 46.3 Å². The predicted octanol–water partition coefficient (Wildman–Crippen LogP) is -0.981. The molecule has 27 atom stereocenters. The Morgan fingerprint density at radius 1 is 0.645 bits per heavy atom. The van der Waals surface area contributed by atoms with Crippen LogP contribution in [0.1, 0.15) is 92.4 Å². The van der Waals surface area contributed by atoms with Gasteiger partial charge in [-0.05, 0) is 85.9 Å². The Morgan fingerprint density at radius 3 is 2.00 bits per heavy atom. The monoisotopic (exact) mass is 888 g/mol. The zero-order valence-electron chi connectivity index (χ0n) is 36.5. The van der Waals surface area contributed by atoms with Gasteiger partial charge >= 0.3 is 0 Å². The molecule has 356 valence electrons. The van der Waals surface area contributed by atoms with Gasteiger partial charge in [-0.1, -0.05) is 27.7 Å². The van der Waals surface area contributed by atoms with Gasteiger partial charge in [0, 0.05) is 25.2 Å². The van der Waals surface area contributed by atoms with Gasteiger partial charge in [-0.2, -0.15) is 0 Å². The number of hydrogen-bond donors (Lipinski definition) is 10. The molecule has 18 nitrogen and oxygen atoms in total. The average molecular weight is 889 g/mol. The molecule has 0 aromatic heterocycles. The van der Waals surface area contributed by atoms with E-state index in [-0.39, 0.29) is 48.0 Å². The first-order chi connectivity index (χ1) is 29.3. The Kier molecular flexibility index (Phi) is 12.6. The summed E-state index contributed by atoms with van der Waals surface area (Å²) in [5, 5.41) is 110. The third-order valence-electron chi connectivity index (χ3n) is 18.0. The molecule has 9 aliphatic rings. The van der Waals surface area contributed by atoms with Crippen LogP contribution in [-0.4, -0.2) is 187 Å². The van der Waals surface area contributed by atoms with E-state index in [0.717, 1.165) is 32.1 Å². The van der Waals surface area contributed by atoms with E-state index < -0.39 is 128 Å². The first kappa shape index (κ1) is 46.4. The summed E-state index contributed by atoms with van der Waals surface area (Å²) in [6.07, 6.45) is -16.4. The maximum absolute atomic E-state index is 12.8. The van der Waals surface area contributed by atoms with Crippen LogP contribution in [0.4, 0.5) is 0 Å². The molecule has 0 radical (unpaired) electrons. The van der Waals surface area contributed by atoms with E-state index in [1.807, 2.05) is 0 Å². The second kappa shape index (κ2) is 16.8. The molecule has 4 aliphatic carbocycles.